The number of aromatic nitrogens is 2. The molecule has 0 unspecified atom stereocenters. The zero-order chi connectivity index (χ0) is 21.5. The lowest BCUT2D eigenvalue weighted by molar-refractivity contribution is -0.134. The number of rotatable bonds is 7. The van der Waals surface area contributed by atoms with Gasteiger partial charge in [0.15, 0.2) is 5.82 Å². The van der Waals surface area contributed by atoms with Gasteiger partial charge in [-0.3, -0.25) is 9.69 Å². The van der Waals surface area contributed by atoms with Crippen LogP contribution < -0.4 is 0 Å². The maximum atomic E-state index is 12.9. The van der Waals surface area contributed by atoms with E-state index in [9.17, 15) is 4.79 Å². The normalized spacial score (nSPS) is 23.6. The first-order valence-corrected chi connectivity index (χ1v) is 12.1. The van der Waals surface area contributed by atoms with E-state index in [2.05, 4.69) is 10.1 Å². The number of likely N-dealkylation sites (tertiary alicyclic amines) is 2. The van der Waals surface area contributed by atoms with Gasteiger partial charge in [-0.1, -0.05) is 18.0 Å². The average molecular weight is 435 g/mol. The van der Waals surface area contributed by atoms with Crippen LogP contribution in [0.4, 0.5) is 0 Å². The lowest BCUT2D eigenvalue weighted by Crippen LogP contribution is -2.49. The monoisotopic (exact) mass is 434 g/mol. The predicted molar refractivity (Wildman–Crippen MR) is 116 cm³/mol. The van der Waals surface area contributed by atoms with Gasteiger partial charge in [0.25, 0.3) is 0 Å². The zero-order valence-corrected chi connectivity index (χ0v) is 19.0. The topological polar surface area (TPSA) is 80.9 Å². The van der Waals surface area contributed by atoms with Gasteiger partial charge in [-0.25, -0.2) is 0 Å². The van der Waals surface area contributed by atoms with Crippen molar-refractivity contribution in [3.05, 3.63) is 11.7 Å². The Kier molecular flexibility index (Phi) is 7.96. The van der Waals surface area contributed by atoms with E-state index in [1.54, 1.807) is 7.11 Å². The Hall–Kier alpha value is -1.51. The number of piperidine rings is 1. The van der Waals surface area contributed by atoms with E-state index in [0.717, 1.165) is 83.2 Å². The lowest BCUT2D eigenvalue weighted by atomic mass is 9.75. The molecule has 0 radical (unpaired) electrons. The first-order valence-electron chi connectivity index (χ1n) is 12.1. The van der Waals surface area contributed by atoms with Crippen molar-refractivity contribution in [1.29, 1.82) is 0 Å². The van der Waals surface area contributed by atoms with E-state index >= 15 is 0 Å². The molecule has 3 aliphatic heterocycles. The highest BCUT2D eigenvalue weighted by atomic mass is 16.5. The summed E-state index contributed by atoms with van der Waals surface area (Å²) in [5.41, 5.74) is -0.178. The van der Waals surface area contributed by atoms with Crippen LogP contribution in [-0.2, 0) is 19.7 Å². The predicted octanol–water partition coefficient (Wildman–Crippen LogP) is 2.74. The molecule has 0 atom stereocenters. The summed E-state index contributed by atoms with van der Waals surface area (Å²) in [4.78, 5) is 22.2. The summed E-state index contributed by atoms with van der Waals surface area (Å²) < 4.78 is 16.6. The Morgan fingerprint density at radius 3 is 2.48 bits per heavy atom. The summed E-state index contributed by atoms with van der Waals surface area (Å²) in [6, 6.07) is 0. The Bertz CT molecular complexity index is 688. The van der Waals surface area contributed by atoms with Gasteiger partial charge in [-0.15, -0.1) is 0 Å². The third-order valence-electron chi connectivity index (χ3n) is 7.40. The van der Waals surface area contributed by atoms with Crippen molar-refractivity contribution in [2.45, 2.75) is 69.1 Å². The molecular weight excluding hydrogens is 396 g/mol. The number of nitrogens with zero attached hydrogens (tertiary/aromatic N) is 4. The van der Waals surface area contributed by atoms with Crippen LogP contribution in [0, 0.1) is 0 Å². The standard InChI is InChI=1S/C23H38N4O4/c1-29-17-10-23(22-24-21(31-25-22)19-6-15-30-16-7-19)8-13-27(14-9-23)20(28)18-26-11-4-2-3-5-12-26/h19H,2-18H2,1H3. The fourth-order valence-electron chi connectivity index (χ4n) is 5.21. The van der Waals surface area contributed by atoms with Crippen molar-refractivity contribution < 1.29 is 18.8 Å². The number of hydrogen-bond acceptors (Lipinski definition) is 7. The van der Waals surface area contributed by atoms with Crippen LogP contribution in [0.25, 0.3) is 0 Å². The molecule has 3 aliphatic rings. The average Bonchev–Trinajstić information content (AvgIpc) is 3.18. The van der Waals surface area contributed by atoms with E-state index in [0.29, 0.717) is 19.1 Å². The third-order valence-corrected chi connectivity index (χ3v) is 7.40. The van der Waals surface area contributed by atoms with E-state index in [1.807, 2.05) is 4.90 Å². The molecule has 0 N–H and O–H groups in total. The van der Waals surface area contributed by atoms with Crippen LogP contribution >= 0.6 is 0 Å². The number of carbonyl (C=O) groups excluding carboxylic acids is 1. The molecule has 4 heterocycles. The number of hydrogen-bond donors (Lipinski definition) is 0. The minimum Gasteiger partial charge on any atom is -0.385 e. The molecule has 31 heavy (non-hydrogen) atoms. The van der Waals surface area contributed by atoms with Crippen molar-refractivity contribution in [3.8, 4) is 0 Å². The van der Waals surface area contributed by atoms with E-state index in [4.69, 9.17) is 19.0 Å². The molecule has 0 bridgehead atoms. The molecule has 174 valence electrons. The maximum absolute atomic E-state index is 12.9. The van der Waals surface area contributed by atoms with Crippen LogP contribution in [-0.4, -0.2) is 85.5 Å². The van der Waals surface area contributed by atoms with E-state index in [-0.39, 0.29) is 11.3 Å². The molecule has 0 saturated carbocycles. The first-order chi connectivity index (χ1) is 15.2. The molecule has 1 aromatic rings. The summed E-state index contributed by atoms with van der Waals surface area (Å²) in [7, 11) is 1.73. The smallest absolute Gasteiger partial charge is 0.236 e. The van der Waals surface area contributed by atoms with Crippen LogP contribution in [0.5, 0.6) is 0 Å². The molecule has 1 aromatic heterocycles. The van der Waals surface area contributed by atoms with Crippen molar-refractivity contribution in [1.82, 2.24) is 19.9 Å². The van der Waals surface area contributed by atoms with Gasteiger partial charge in [-0.2, -0.15) is 4.98 Å². The van der Waals surface area contributed by atoms with Gasteiger partial charge < -0.3 is 18.9 Å². The Balaban J connectivity index is 1.38. The second kappa shape index (κ2) is 10.9. The minimum absolute atomic E-state index is 0.178. The van der Waals surface area contributed by atoms with E-state index < -0.39 is 0 Å². The Morgan fingerprint density at radius 2 is 1.81 bits per heavy atom. The third kappa shape index (κ3) is 5.65. The molecule has 0 aromatic carbocycles. The first kappa shape index (κ1) is 22.7. The molecule has 3 saturated heterocycles. The van der Waals surface area contributed by atoms with E-state index in [1.165, 1.54) is 25.7 Å². The van der Waals surface area contributed by atoms with Gasteiger partial charge in [0.1, 0.15) is 0 Å². The highest BCUT2D eigenvalue weighted by Gasteiger charge is 2.41. The fourth-order valence-corrected chi connectivity index (χ4v) is 5.21. The van der Waals surface area contributed by atoms with Crippen LogP contribution in [0.3, 0.4) is 0 Å². The number of methoxy groups -OCH3 is 1. The summed E-state index contributed by atoms with van der Waals surface area (Å²) in [5.74, 6) is 2.10. The molecule has 1 amide bonds. The number of amides is 1. The lowest BCUT2D eigenvalue weighted by Gasteiger charge is -2.40. The second-order valence-electron chi connectivity index (χ2n) is 9.44. The molecule has 0 spiro atoms. The largest absolute Gasteiger partial charge is 0.385 e. The maximum Gasteiger partial charge on any atom is 0.236 e. The van der Waals surface area contributed by atoms with Gasteiger partial charge in [-0.05, 0) is 58.0 Å². The van der Waals surface area contributed by atoms with Gasteiger partial charge in [0.2, 0.25) is 11.8 Å². The summed E-state index contributed by atoms with van der Waals surface area (Å²) in [5, 5.41) is 4.42. The molecular formula is C23H38N4O4. The Morgan fingerprint density at radius 1 is 1.10 bits per heavy atom. The second-order valence-corrected chi connectivity index (χ2v) is 9.44. The van der Waals surface area contributed by atoms with Crippen molar-refractivity contribution in [3.63, 3.8) is 0 Å². The van der Waals surface area contributed by atoms with Crippen LogP contribution in [0.2, 0.25) is 0 Å². The van der Waals surface area contributed by atoms with Gasteiger partial charge >= 0.3 is 0 Å². The SMILES string of the molecule is COCCC1(c2noc(C3CCOCC3)n2)CCN(C(=O)CN2CCCCCC2)CC1. The zero-order valence-electron chi connectivity index (χ0n) is 19.0. The van der Waals surface area contributed by atoms with Gasteiger partial charge in [0, 0.05) is 51.4 Å². The Labute approximate surface area is 185 Å². The molecule has 8 heteroatoms. The van der Waals surface area contributed by atoms with Gasteiger partial charge in [0.05, 0.1) is 6.54 Å². The van der Waals surface area contributed by atoms with Crippen LogP contribution in [0.15, 0.2) is 4.52 Å². The quantitative estimate of drug-likeness (QED) is 0.653. The molecule has 8 nitrogen and oxygen atoms in total. The fraction of sp³-hybridized carbons (Fsp3) is 0.870. The van der Waals surface area contributed by atoms with Crippen molar-refractivity contribution in [2.24, 2.45) is 0 Å². The summed E-state index contributed by atoms with van der Waals surface area (Å²) >= 11 is 0. The summed E-state index contributed by atoms with van der Waals surface area (Å²) in [6.45, 7) is 6.32. The minimum atomic E-state index is -0.178. The highest BCUT2D eigenvalue weighted by molar-refractivity contribution is 5.78. The van der Waals surface area contributed by atoms with Crippen molar-refractivity contribution >= 4 is 5.91 Å². The molecule has 4 rings (SSSR count). The summed E-state index contributed by atoms with van der Waals surface area (Å²) in [6.07, 6.45) is 9.43. The number of carbonyl (C=O) groups is 1. The van der Waals surface area contributed by atoms with Crippen molar-refractivity contribution in [2.75, 3.05) is 59.7 Å². The highest BCUT2D eigenvalue weighted by Crippen LogP contribution is 2.38. The molecule has 0 aliphatic carbocycles. The molecule has 3 fully saturated rings. The van der Waals surface area contributed by atoms with Crippen LogP contribution in [0.1, 0.15) is 75.4 Å². The number of ether oxygens (including phenoxy) is 2.